The van der Waals surface area contributed by atoms with Crippen molar-refractivity contribution in [2.24, 2.45) is 4.99 Å². The Hall–Kier alpha value is -0.440. The summed E-state index contributed by atoms with van der Waals surface area (Å²) < 4.78 is 0. The van der Waals surface area contributed by atoms with Crippen LogP contribution >= 0.6 is 24.0 Å². The highest BCUT2D eigenvalue weighted by Gasteiger charge is 2.22. The average Bonchev–Trinajstić information content (AvgIpc) is 2.86. The first-order chi connectivity index (χ1) is 5.76. The summed E-state index contributed by atoms with van der Waals surface area (Å²) in [6.07, 6.45) is 7.71. The van der Waals surface area contributed by atoms with Crippen molar-refractivity contribution in [2.75, 3.05) is 7.05 Å². The maximum atomic E-state index is 5.23. The highest BCUT2D eigenvalue weighted by Crippen LogP contribution is 2.18. The molecule has 0 aromatic heterocycles. The summed E-state index contributed by atoms with van der Waals surface area (Å²) >= 11 is 0. The number of aliphatic imine (C=N–C) groups is 1. The molecule has 4 heteroatoms. The zero-order valence-electron chi connectivity index (χ0n) is 8.00. The SMILES string of the molecule is C#CC(C)NC(=NC)NC1CC1.I. The minimum Gasteiger partial charge on any atom is -0.354 e. The number of nitrogens with zero attached hydrogens (tertiary/aromatic N) is 1. The van der Waals surface area contributed by atoms with Crippen LogP contribution in [0.1, 0.15) is 19.8 Å². The lowest BCUT2D eigenvalue weighted by atomic mass is 10.4. The summed E-state index contributed by atoms with van der Waals surface area (Å²) in [4.78, 5) is 4.06. The van der Waals surface area contributed by atoms with Gasteiger partial charge in [-0.3, -0.25) is 4.99 Å². The Morgan fingerprint density at radius 2 is 2.23 bits per heavy atom. The van der Waals surface area contributed by atoms with Gasteiger partial charge in [-0.1, -0.05) is 5.92 Å². The molecular formula is C9H16IN3. The lowest BCUT2D eigenvalue weighted by Gasteiger charge is -2.12. The lowest BCUT2D eigenvalue weighted by molar-refractivity contribution is 0.765. The van der Waals surface area contributed by atoms with E-state index in [-0.39, 0.29) is 30.0 Å². The summed E-state index contributed by atoms with van der Waals surface area (Å²) in [5.74, 6) is 3.40. The Morgan fingerprint density at radius 3 is 2.62 bits per heavy atom. The van der Waals surface area contributed by atoms with Gasteiger partial charge in [-0.25, -0.2) is 0 Å². The second-order valence-corrected chi connectivity index (χ2v) is 3.02. The molecule has 0 bridgehead atoms. The summed E-state index contributed by atoms with van der Waals surface area (Å²) in [6.45, 7) is 1.93. The van der Waals surface area contributed by atoms with Crippen LogP contribution in [0.3, 0.4) is 0 Å². The summed E-state index contributed by atoms with van der Waals surface area (Å²) in [5, 5.41) is 6.34. The topological polar surface area (TPSA) is 36.4 Å². The van der Waals surface area contributed by atoms with Crippen LogP contribution in [0.5, 0.6) is 0 Å². The third-order valence-corrected chi connectivity index (χ3v) is 1.75. The molecule has 0 saturated heterocycles. The predicted octanol–water partition coefficient (Wildman–Crippen LogP) is 0.953. The summed E-state index contributed by atoms with van der Waals surface area (Å²) in [6, 6.07) is 0.649. The first-order valence-corrected chi connectivity index (χ1v) is 4.22. The van der Waals surface area contributed by atoms with Crippen molar-refractivity contribution in [2.45, 2.75) is 31.8 Å². The number of rotatable bonds is 2. The Balaban J connectivity index is 0.00000144. The van der Waals surface area contributed by atoms with Gasteiger partial charge in [0.05, 0.1) is 6.04 Å². The van der Waals surface area contributed by atoms with E-state index in [2.05, 4.69) is 21.5 Å². The Morgan fingerprint density at radius 1 is 1.62 bits per heavy atom. The molecule has 1 atom stereocenters. The number of guanidine groups is 1. The molecule has 0 spiro atoms. The molecule has 1 unspecified atom stereocenters. The van der Waals surface area contributed by atoms with E-state index in [4.69, 9.17) is 6.42 Å². The van der Waals surface area contributed by atoms with E-state index in [0.717, 1.165) is 5.96 Å². The molecule has 2 N–H and O–H groups in total. The Bertz CT molecular complexity index is 215. The van der Waals surface area contributed by atoms with Crippen LogP contribution in [0.25, 0.3) is 0 Å². The second kappa shape index (κ2) is 6.08. The van der Waals surface area contributed by atoms with Crippen LogP contribution in [0.4, 0.5) is 0 Å². The molecule has 0 heterocycles. The lowest BCUT2D eigenvalue weighted by Crippen LogP contribution is -2.42. The van der Waals surface area contributed by atoms with Crippen LogP contribution in [0.2, 0.25) is 0 Å². The smallest absolute Gasteiger partial charge is 0.192 e. The molecule has 74 valence electrons. The Labute approximate surface area is 96.8 Å². The number of hydrogen-bond donors (Lipinski definition) is 2. The molecule has 13 heavy (non-hydrogen) atoms. The zero-order valence-corrected chi connectivity index (χ0v) is 10.3. The molecule has 0 aromatic carbocycles. The summed E-state index contributed by atoms with van der Waals surface area (Å²) in [7, 11) is 1.75. The number of terminal acetylenes is 1. The molecule has 1 saturated carbocycles. The molecule has 3 nitrogen and oxygen atoms in total. The van der Waals surface area contributed by atoms with Gasteiger partial charge in [0, 0.05) is 13.1 Å². The minimum absolute atomic E-state index is 0. The fourth-order valence-electron chi connectivity index (χ4n) is 0.839. The highest BCUT2D eigenvalue weighted by atomic mass is 127. The molecular weight excluding hydrogens is 277 g/mol. The van der Waals surface area contributed by atoms with E-state index in [1.807, 2.05) is 6.92 Å². The van der Waals surface area contributed by atoms with Crippen molar-refractivity contribution in [1.29, 1.82) is 0 Å². The van der Waals surface area contributed by atoms with Gasteiger partial charge in [0.25, 0.3) is 0 Å². The van der Waals surface area contributed by atoms with E-state index in [1.165, 1.54) is 12.8 Å². The molecule has 1 aliphatic rings. The van der Waals surface area contributed by atoms with Crippen molar-refractivity contribution >= 4 is 29.9 Å². The van der Waals surface area contributed by atoms with Gasteiger partial charge in [-0.05, 0) is 19.8 Å². The molecule has 1 fully saturated rings. The molecule has 0 aliphatic heterocycles. The van der Waals surface area contributed by atoms with Gasteiger partial charge in [0.15, 0.2) is 5.96 Å². The zero-order chi connectivity index (χ0) is 8.97. The maximum absolute atomic E-state index is 5.23. The molecule has 0 amide bonds. The minimum atomic E-state index is 0. The van der Waals surface area contributed by atoms with Crippen molar-refractivity contribution in [3.05, 3.63) is 0 Å². The van der Waals surface area contributed by atoms with Gasteiger partial charge >= 0.3 is 0 Å². The van der Waals surface area contributed by atoms with Crippen LogP contribution in [-0.4, -0.2) is 25.1 Å². The van der Waals surface area contributed by atoms with E-state index in [9.17, 15) is 0 Å². The molecule has 0 radical (unpaired) electrons. The van der Waals surface area contributed by atoms with Crippen LogP contribution in [0, 0.1) is 12.3 Å². The van der Waals surface area contributed by atoms with E-state index < -0.39 is 0 Å². The summed E-state index contributed by atoms with van der Waals surface area (Å²) in [5.41, 5.74) is 0. The second-order valence-electron chi connectivity index (χ2n) is 3.02. The van der Waals surface area contributed by atoms with Crippen LogP contribution in [0.15, 0.2) is 4.99 Å². The third kappa shape index (κ3) is 4.98. The van der Waals surface area contributed by atoms with Gasteiger partial charge in [-0.2, -0.15) is 0 Å². The van der Waals surface area contributed by atoms with Gasteiger partial charge in [0.1, 0.15) is 0 Å². The normalized spacial score (nSPS) is 18.1. The maximum Gasteiger partial charge on any atom is 0.192 e. The fraction of sp³-hybridized carbons (Fsp3) is 0.667. The van der Waals surface area contributed by atoms with Gasteiger partial charge < -0.3 is 10.6 Å². The van der Waals surface area contributed by atoms with Gasteiger partial charge in [0.2, 0.25) is 0 Å². The first kappa shape index (κ1) is 12.6. The largest absolute Gasteiger partial charge is 0.354 e. The highest BCUT2D eigenvalue weighted by molar-refractivity contribution is 14.0. The van der Waals surface area contributed by atoms with Gasteiger partial charge in [-0.15, -0.1) is 30.4 Å². The van der Waals surface area contributed by atoms with Crippen molar-refractivity contribution in [1.82, 2.24) is 10.6 Å². The molecule has 0 aromatic rings. The Kier molecular flexibility index (Phi) is 5.88. The predicted molar refractivity (Wildman–Crippen MR) is 66.4 cm³/mol. The van der Waals surface area contributed by atoms with Crippen LogP contribution < -0.4 is 10.6 Å². The standard InChI is InChI=1S/C9H15N3.HI/c1-4-7(2)11-9(10-3)12-8-5-6-8;/h1,7-8H,5-6H2,2-3H3,(H2,10,11,12);1H. The quantitative estimate of drug-likeness (QED) is 0.344. The first-order valence-electron chi connectivity index (χ1n) is 4.22. The number of nitrogens with one attached hydrogen (secondary N) is 2. The van der Waals surface area contributed by atoms with Crippen molar-refractivity contribution in [3.63, 3.8) is 0 Å². The third-order valence-electron chi connectivity index (χ3n) is 1.75. The van der Waals surface area contributed by atoms with E-state index in [1.54, 1.807) is 7.05 Å². The molecule has 1 rings (SSSR count). The van der Waals surface area contributed by atoms with E-state index in [0.29, 0.717) is 6.04 Å². The number of hydrogen-bond acceptors (Lipinski definition) is 1. The monoisotopic (exact) mass is 293 g/mol. The molecule has 1 aliphatic carbocycles. The van der Waals surface area contributed by atoms with Crippen molar-refractivity contribution in [3.8, 4) is 12.3 Å². The number of halogens is 1. The van der Waals surface area contributed by atoms with Crippen molar-refractivity contribution < 1.29 is 0 Å². The van der Waals surface area contributed by atoms with E-state index >= 15 is 0 Å². The fourth-order valence-corrected chi connectivity index (χ4v) is 0.839. The van der Waals surface area contributed by atoms with Crippen LogP contribution in [-0.2, 0) is 0 Å². The average molecular weight is 293 g/mol.